The summed E-state index contributed by atoms with van der Waals surface area (Å²) < 4.78 is 13.0. The molecule has 0 aliphatic heterocycles. The van der Waals surface area contributed by atoms with Crippen LogP contribution in [-0.4, -0.2) is 33.5 Å². The molecule has 2 aromatic heterocycles. The SMILES string of the molecule is COc1cc2c(cc1NC(=O)CSc1n[nH]c(=O)n1CCc1ccccc1)oc1ccccc12. The standard InChI is InChI=1S/C25H22N4O4S/c1-32-22-13-18-17-9-5-6-10-20(17)33-21(18)14-19(22)26-23(30)15-34-25-28-27-24(31)29(25)12-11-16-7-3-2-4-8-16/h2-10,13-14H,11-12,15H2,1H3,(H,26,30)(H,27,31). The molecule has 0 bridgehead atoms. The van der Waals surface area contributed by atoms with E-state index in [-0.39, 0.29) is 17.3 Å². The third-order valence-electron chi connectivity index (χ3n) is 5.50. The van der Waals surface area contributed by atoms with E-state index in [1.54, 1.807) is 17.7 Å². The number of carbonyl (C=O) groups is 1. The van der Waals surface area contributed by atoms with Gasteiger partial charge in [0.2, 0.25) is 5.91 Å². The Morgan fingerprint density at radius 1 is 1.09 bits per heavy atom. The van der Waals surface area contributed by atoms with Crippen LogP contribution in [0, 0.1) is 0 Å². The number of hydrogen-bond acceptors (Lipinski definition) is 6. The number of aromatic nitrogens is 3. The topological polar surface area (TPSA) is 102 Å². The van der Waals surface area contributed by atoms with E-state index in [0.29, 0.717) is 35.1 Å². The first-order chi connectivity index (χ1) is 16.6. The van der Waals surface area contributed by atoms with Crippen molar-refractivity contribution in [2.24, 2.45) is 0 Å². The number of fused-ring (bicyclic) bond motifs is 3. The molecule has 2 heterocycles. The van der Waals surface area contributed by atoms with E-state index >= 15 is 0 Å². The van der Waals surface area contributed by atoms with Gasteiger partial charge < -0.3 is 14.5 Å². The summed E-state index contributed by atoms with van der Waals surface area (Å²) in [7, 11) is 1.56. The minimum absolute atomic E-state index is 0.0803. The maximum absolute atomic E-state index is 12.7. The molecule has 3 aromatic carbocycles. The molecule has 0 atom stereocenters. The Labute approximate surface area is 198 Å². The number of H-pyrrole nitrogens is 1. The van der Waals surface area contributed by atoms with Crippen LogP contribution in [0.4, 0.5) is 5.69 Å². The largest absolute Gasteiger partial charge is 0.495 e. The Morgan fingerprint density at radius 2 is 1.88 bits per heavy atom. The van der Waals surface area contributed by atoms with E-state index in [1.807, 2.05) is 60.7 Å². The lowest BCUT2D eigenvalue weighted by molar-refractivity contribution is -0.113. The number of thioether (sulfide) groups is 1. The number of aromatic amines is 1. The highest BCUT2D eigenvalue weighted by Gasteiger charge is 2.16. The Balaban J connectivity index is 1.29. The number of amides is 1. The van der Waals surface area contributed by atoms with Gasteiger partial charge in [-0.3, -0.25) is 9.36 Å². The van der Waals surface area contributed by atoms with Gasteiger partial charge in [0.15, 0.2) is 5.16 Å². The van der Waals surface area contributed by atoms with Gasteiger partial charge in [0.25, 0.3) is 0 Å². The van der Waals surface area contributed by atoms with Crippen molar-refractivity contribution < 1.29 is 13.9 Å². The fraction of sp³-hybridized carbons (Fsp3) is 0.160. The van der Waals surface area contributed by atoms with Crippen LogP contribution in [0.3, 0.4) is 0 Å². The summed E-state index contributed by atoms with van der Waals surface area (Å²) >= 11 is 1.20. The molecule has 0 radical (unpaired) electrons. The lowest BCUT2D eigenvalue weighted by Gasteiger charge is -2.10. The zero-order chi connectivity index (χ0) is 23.5. The third kappa shape index (κ3) is 4.42. The van der Waals surface area contributed by atoms with Crippen molar-refractivity contribution in [3.05, 3.63) is 82.8 Å². The molecule has 172 valence electrons. The first-order valence-corrected chi connectivity index (χ1v) is 11.7. The molecule has 0 saturated carbocycles. The average molecular weight is 475 g/mol. The van der Waals surface area contributed by atoms with Gasteiger partial charge in [0, 0.05) is 23.4 Å². The predicted octanol–water partition coefficient (Wildman–Crippen LogP) is 4.45. The van der Waals surface area contributed by atoms with Crippen LogP contribution in [0.25, 0.3) is 21.9 Å². The van der Waals surface area contributed by atoms with Gasteiger partial charge in [-0.2, -0.15) is 0 Å². The molecule has 9 heteroatoms. The molecule has 34 heavy (non-hydrogen) atoms. The van der Waals surface area contributed by atoms with E-state index in [0.717, 1.165) is 21.9 Å². The second-order valence-corrected chi connectivity index (χ2v) is 8.62. The Morgan fingerprint density at radius 3 is 2.71 bits per heavy atom. The van der Waals surface area contributed by atoms with Crippen LogP contribution in [0.1, 0.15) is 5.56 Å². The normalized spacial score (nSPS) is 11.2. The van der Waals surface area contributed by atoms with Gasteiger partial charge in [-0.1, -0.05) is 60.3 Å². The third-order valence-corrected chi connectivity index (χ3v) is 6.47. The van der Waals surface area contributed by atoms with Gasteiger partial charge >= 0.3 is 5.69 Å². The molecule has 0 aliphatic rings. The number of hydrogen-bond donors (Lipinski definition) is 2. The highest BCUT2D eigenvalue weighted by molar-refractivity contribution is 7.99. The summed E-state index contributed by atoms with van der Waals surface area (Å²) in [4.78, 5) is 24.9. The van der Waals surface area contributed by atoms with E-state index in [9.17, 15) is 9.59 Å². The number of benzene rings is 3. The van der Waals surface area contributed by atoms with Crippen LogP contribution >= 0.6 is 11.8 Å². The van der Waals surface area contributed by atoms with Crippen LogP contribution in [0.15, 0.2) is 81.1 Å². The van der Waals surface area contributed by atoms with Gasteiger partial charge in [0.05, 0.1) is 18.6 Å². The summed E-state index contributed by atoms with van der Waals surface area (Å²) in [6.07, 6.45) is 0.689. The van der Waals surface area contributed by atoms with Crippen molar-refractivity contribution in [1.82, 2.24) is 14.8 Å². The lowest BCUT2D eigenvalue weighted by atomic mass is 10.1. The Bertz CT molecular complexity index is 1520. The molecular formula is C25H22N4O4S. The number of ether oxygens (including phenoxy) is 1. The molecule has 0 fully saturated rings. The fourth-order valence-electron chi connectivity index (χ4n) is 3.83. The smallest absolute Gasteiger partial charge is 0.343 e. The minimum atomic E-state index is -0.296. The Kier molecular flexibility index (Phi) is 6.09. The van der Waals surface area contributed by atoms with E-state index < -0.39 is 0 Å². The molecule has 8 nitrogen and oxygen atoms in total. The van der Waals surface area contributed by atoms with Crippen LogP contribution in [0.2, 0.25) is 0 Å². The maximum Gasteiger partial charge on any atom is 0.343 e. The molecular weight excluding hydrogens is 452 g/mol. The second-order valence-electron chi connectivity index (χ2n) is 7.68. The first kappa shape index (κ1) is 21.8. The molecule has 0 spiro atoms. The van der Waals surface area contributed by atoms with Crippen LogP contribution in [0.5, 0.6) is 5.75 Å². The number of rotatable bonds is 8. The molecule has 5 aromatic rings. The zero-order valence-electron chi connectivity index (χ0n) is 18.4. The quantitative estimate of drug-likeness (QED) is 0.322. The molecule has 2 N–H and O–H groups in total. The maximum atomic E-state index is 12.7. The highest BCUT2D eigenvalue weighted by Crippen LogP contribution is 2.36. The van der Waals surface area contributed by atoms with Crippen LogP contribution < -0.4 is 15.7 Å². The summed E-state index contributed by atoms with van der Waals surface area (Å²) in [6, 6.07) is 21.3. The van der Waals surface area contributed by atoms with E-state index in [1.165, 1.54) is 11.8 Å². The minimum Gasteiger partial charge on any atom is -0.495 e. The molecule has 1 amide bonds. The monoisotopic (exact) mass is 474 g/mol. The van der Waals surface area contributed by atoms with Gasteiger partial charge in [-0.25, -0.2) is 9.89 Å². The van der Waals surface area contributed by atoms with Crippen molar-refractivity contribution in [2.45, 2.75) is 18.1 Å². The molecule has 0 saturated heterocycles. The highest BCUT2D eigenvalue weighted by atomic mass is 32.2. The first-order valence-electron chi connectivity index (χ1n) is 10.7. The average Bonchev–Trinajstić information content (AvgIpc) is 3.40. The summed E-state index contributed by atoms with van der Waals surface area (Å²) in [5.41, 5.74) is 2.77. The lowest BCUT2D eigenvalue weighted by Crippen LogP contribution is -2.20. The Hall–Kier alpha value is -3.98. The number of anilines is 1. The van der Waals surface area contributed by atoms with E-state index in [2.05, 4.69) is 15.5 Å². The van der Waals surface area contributed by atoms with Crippen molar-refractivity contribution in [3.8, 4) is 5.75 Å². The number of aryl methyl sites for hydroxylation is 1. The number of furan rings is 1. The van der Waals surface area contributed by atoms with Crippen molar-refractivity contribution in [3.63, 3.8) is 0 Å². The summed E-state index contributed by atoms with van der Waals surface area (Å²) in [6.45, 7) is 0.472. The number of nitrogens with zero attached hydrogens (tertiary/aromatic N) is 2. The van der Waals surface area contributed by atoms with Gasteiger partial charge in [-0.15, -0.1) is 5.10 Å². The second kappa shape index (κ2) is 9.48. The number of para-hydroxylation sites is 1. The van der Waals surface area contributed by atoms with E-state index in [4.69, 9.17) is 9.15 Å². The molecule has 0 unspecified atom stereocenters. The van der Waals surface area contributed by atoms with Crippen molar-refractivity contribution in [1.29, 1.82) is 0 Å². The van der Waals surface area contributed by atoms with Crippen LogP contribution in [-0.2, 0) is 17.8 Å². The number of nitrogens with one attached hydrogen (secondary N) is 2. The molecule has 5 rings (SSSR count). The summed E-state index contributed by atoms with van der Waals surface area (Å²) in [5, 5.41) is 11.8. The molecule has 0 aliphatic carbocycles. The predicted molar refractivity (Wildman–Crippen MR) is 133 cm³/mol. The van der Waals surface area contributed by atoms with Crippen molar-refractivity contribution >= 4 is 45.3 Å². The van der Waals surface area contributed by atoms with Crippen molar-refractivity contribution in [2.75, 3.05) is 18.2 Å². The number of carbonyl (C=O) groups excluding carboxylic acids is 1. The fourth-order valence-corrected chi connectivity index (χ4v) is 4.60. The van der Waals surface area contributed by atoms with Gasteiger partial charge in [0.1, 0.15) is 16.9 Å². The zero-order valence-corrected chi connectivity index (χ0v) is 19.2. The van der Waals surface area contributed by atoms with Gasteiger partial charge in [-0.05, 0) is 24.1 Å². The summed E-state index contributed by atoms with van der Waals surface area (Å²) in [5.74, 6) is 0.373. The number of methoxy groups -OCH3 is 1.